The monoisotopic (exact) mass is 265 g/mol. The Kier molecular flexibility index (Phi) is 3.99. The van der Waals surface area contributed by atoms with Crippen LogP contribution in [-0.2, 0) is 0 Å². The van der Waals surface area contributed by atoms with Gasteiger partial charge in [-0.3, -0.25) is 4.98 Å². The summed E-state index contributed by atoms with van der Waals surface area (Å²) in [5, 5.41) is 1.53. The zero-order chi connectivity index (χ0) is 12.3. The minimum absolute atomic E-state index is 0.0392. The highest BCUT2D eigenvalue weighted by Gasteiger charge is 2.02. The molecule has 5 heteroatoms. The van der Waals surface area contributed by atoms with Crippen LogP contribution >= 0.6 is 23.4 Å². The van der Waals surface area contributed by atoms with Crippen molar-refractivity contribution in [3.8, 4) is 0 Å². The molecule has 2 N–H and O–H groups in total. The third kappa shape index (κ3) is 3.43. The molecule has 0 amide bonds. The van der Waals surface area contributed by atoms with Crippen LogP contribution in [0, 0.1) is 0 Å². The molecule has 0 fully saturated rings. The van der Waals surface area contributed by atoms with Crippen molar-refractivity contribution in [3.63, 3.8) is 0 Å². The average molecular weight is 266 g/mol. The predicted molar refractivity (Wildman–Crippen MR) is 70.2 cm³/mol. The fourth-order valence-electron chi connectivity index (χ4n) is 1.26. The first-order valence-electron chi connectivity index (χ1n) is 5.16. The lowest BCUT2D eigenvalue weighted by atomic mass is 10.2. The molecule has 17 heavy (non-hydrogen) atoms. The van der Waals surface area contributed by atoms with E-state index in [9.17, 15) is 0 Å². The summed E-state index contributed by atoms with van der Waals surface area (Å²) >= 11 is 7.32. The normalized spacial score (nSPS) is 12.4. The molecule has 0 radical (unpaired) electrons. The Morgan fingerprint density at radius 3 is 2.53 bits per heavy atom. The molecule has 0 aliphatic carbocycles. The Labute approximate surface area is 109 Å². The van der Waals surface area contributed by atoms with Gasteiger partial charge in [-0.1, -0.05) is 23.4 Å². The highest BCUT2D eigenvalue weighted by atomic mass is 35.5. The van der Waals surface area contributed by atoms with E-state index in [1.165, 1.54) is 0 Å². The number of nitrogens with two attached hydrogens (primary N) is 1. The molecular formula is C12H12ClN3S. The van der Waals surface area contributed by atoms with E-state index in [1.807, 2.05) is 31.2 Å². The van der Waals surface area contributed by atoms with Crippen LogP contribution in [0.1, 0.15) is 18.7 Å². The Morgan fingerprint density at radius 1 is 1.18 bits per heavy atom. The molecule has 2 rings (SSSR count). The van der Waals surface area contributed by atoms with Crippen molar-refractivity contribution in [3.05, 3.63) is 47.4 Å². The molecular weight excluding hydrogens is 254 g/mol. The van der Waals surface area contributed by atoms with Gasteiger partial charge >= 0.3 is 0 Å². The Hall–Kier alpha value is -1.10. The van der Waals surface area contributed by atoms with E-state index >= 15 is 0 Å². The second kappa shape index (κ2) is 5.49. The zero-order valence-corrected chi connectivity index (χ0v) is 10.9. The van der Waals surface area contributed by atoms with Gasteiger partial charge in [-0.25, -0.2) is 4.98 Å². The molecule has 2 heterocycles. The summed E-state index contributed by atoms with van der Waals surface area (Å²) in [6.07, 6.45) is 3.44. The fraction of sp³-hybridized carbons (Fsp3) is 0.167. The van der Waals surface area contributed by atoms with Crippen molar-refractivity contribution in [1.82, 2.24) is 9.97 Å². The van der Waals surface area contributed by atoms with Crippen molar-refractivity contribution >= 4 is 23.4 Å². The summed E-state index contributed by atoms with van der Waals surface area (Å²) in [7, 11) is 0. The van der Waals surface area contributed by atoms with Crippen LogP contribution in [0.3, 0.4) is 0 Å². The van der Waals surface area contributed by atoms with Gasteiger partial charge in [-0.15, -0.1) is 0 Å². The zero-order valence-electron chi connectivity index (χ0n) is 9.30. The number of halogens is 1. The number of rotatable bonds is 3. The molecule has 0 saturated carbocycles. The summed E-state index contributed by atoms with van der Waals surface area (Å²) in [5.74, 6) is 0. The largest absolute Gasteiger partial charge is 0.323 e. The van der Waals surface area contributed by atoms with E-state index < -0.39 is 0 Å². The Balaban J connectivity index is 2.11. The van der Waals surface area contributed by atoms with Gasteiger partial charge in [-0.05, 0) is 31.2 Å². The molecule has 3 nitrogen and oxygen atoms in total. The molecule has 0 aliphatic rings. The fourth-order valence-corrected chi connectivity index (χ4v) is 2.10. The maximum atomic E-state index is 5.77. The number of aromatic nitrogens is 2. The topological polar surface area (TPSA) is 51.8 Å². The second-order valence-electron chi connectivity index (χ2n) is 3.62. The van der Waals surface area contributed by atoms with E-state index in [0.717, 1.165) is 15.6 Å². The molecule has 0 aromatic carbocycles. The lowest BCUT2D eigenvalue weighted by molar-refractivity contribution is 0.777. The van der Waals surface area contributed by atoms with Gasteiger partial charge in [0.05, 0.1) is 10.7 Å². The minimum Gasteiger partial charge on any atom is -0.323 e. The standard InChI is InChI=1S/C12H12ClN3S/c1-8(14)11-4-3-10(7-15-11)17-12-5-2-9(13)6-16-12/h2-8H,14H2,1H3/t8-/m0/s1. The van der Waals surface area contributed by atoms with Gasteiger partial charge in [0.25, 0.3) is 0 Å². The molecule has 0 spiro atoms. The number of pyridine rings is 2. The van der Waals surface area contributed by atoms with Crippen molar-refractivity contribution in [2.24, 2.45) is 5.73 Å². The van der Waals surface area contributed by atoms with Gasteiger partial charge in [-0.2, -0.15) is 0 Å². The number of hydrogen-bond acceptors (Lipinski definition) is 4. The second-order valence-corrected chi connectivity index (χ2v) is 5.15. The first-order valence-corrected chi connectivity index (χ1v) is 6.35. The quantitative estimate of drug-likeness (QED) is 0.925. The third-order valence-corrected chi connectivity index (χ3v) is 3.30. The summed E-state index contributed by atoms with van der Waals surface area (Å²) < 4.78 is 0. The van der Waals surface area contributed by atoms with Crippen molar-refractivity contribution in [2.75, 3.05) is 0 Å². The van der Waals surface area contributed by atoms with Crippen LogP contribution in [0.4, 0.5) is 0 Å². The molecule has 2 aromatic rings. The smallest absolute Gasteiger partial charge is 0.101 e. The summed E-state index contributed by atoms with van der Waals surface area (Å²) in [5.41, 5.74) is 6.62. The van der Waals surface area contributed by atoms with E-state index in [1.54, 1.807) is 24.2 Å². The van der Waals surface area contributed by atoms with Crippen LogP contribution in [0.15, 0.2) is 46.6 Å². The number of nitrogens with zero attached hydrogens (tertiary/aromatic N) is 2. The summed E-state index contributed by atoms with van der Waals surface area (Å²) in [6, 6.07) is 7.59. The van der Waals surface area contributed by atoms with Gasteiger partial charge in [0.1, 0.15) is 5.03 Å². The van der Waals surface area contributed by atoms with E-state index in [-0.39, 0.29) is 6.04 Å². The molecule has 0 aliphatic heterocycles. The maximum Gasteiger partial charge on any atom is 0.101 e. The highest BCUT2D eigenvalue weighted by Crippen LogP contribution is 2.26. The molecule has 2 aromatic heterocycles. The lowest BCUT2D eigenvalue weighted by Crippen LogP contribution is -2.06. The summed E-state index contributed by atoms with van der Waals surface area (Å²) in [6.45, 7) is 1.91. The van der Waals surface area contributed by atoms with E-state index in [0.29, 0.717) is 5.02 Å². The van der Waals surface area contributed by atoms with Crippen LogP contribution in [-0.4, -0.2) is 9.97 Å². The van der Waals surface area contributed by atoms with E-state index in [4.69, 9.17) is 17.3 Å². The Bertz CT molecular complexity index is 482. The summed E-state index contributed by atoms with van der Waals surface area (Å²) in [4.78, 5) is 9.53. The SMILES string of the molecule is C[C@H](N)c1ccc(Sc2ccc(Cl)cn2)cn1. The van der Waals surface area contributed by atoms with Gasteiger partial charge in [0, 0.05) is 23.3 Å². The highest BCUT2D eigenvalue weighted by molar-refractivity contribution is 7.99. The first-order chi connectivity index (χ1) is 8.15. The number of hydrogen-bond donors (Lipinski definition) is 1. The van der Waals surface area contributed by atoms with Crippen LogP contribution < -0.4 is 5.73 Å². The third-order valence-electron chi connectivity index (χ3n) is 2.15. The first kappa shape index (κ1) is 12.4. The molecule has 1 atom stereocenters. The molecule has 88 valence electrons. The lowest BCUT2D eigenvalue weighted by Gasteiger charge is -2.05. The molecule has 0 bridgehead atoms. The van der Waals surface area contributed by atoms with Crippen molar-refractivity contribution in [2.45, 2.75) is 22.9 Å². The molecule has 0 unspecified atom stereocenters. The van der Waals surface area contributed by atoms with Crippen LogP contribution in [0.2, 0.25) is 5.02 Å². The van der Waals surface area contributed by atoms with Gasteiger partial charge in [0.2, 0.25) is 0 Å². The molecule has 0 saturated heterocycles. The van der Waals surface area contributed by atoms with Crippen LogP contribution in [0.25, 0.3) is 0 Å². The Morgan fingerprint density at radius 2 is 2.00 bits per heavy atom. The van der Waals surface area contributed by atoms with E-state index in [2.05, 4.69) is 9.97 Å². The van der Waals surface area contributed by atoms with Crippen molar-refractivity contribution < 1.29 is 0 Å². The average Bonchev–Trinajstić information content (AvgIpc) is 2.33. The van der Waals surface area contributed by atoms with Gasteiger partial charge < -0.3 is 5.73 Å². The predicted octanol–water partition coefficient (Wildman–Crippen LogP) is 3.30. The van der Waals surface area contributed by atoms with Crippen LogP contribution in [0.5, 0.6) is 0 Å². The van der Waals surface area contributed by atoms with Gasteiger partial charge in [0.15, 0.2) is 0 Å². The van der Waals surface area contributed by atoms with Crippen molar-refractivity contribution in [1.29, 1.82) is 0 Å². The maximum absolute atomic E-state index is 5.77. The minimum atomic E-state index is -0.0392.